The number of aromatic nitrogens is 1. The molecule has 0 saturated carbocycles. The van der Waals surface area contributed by atoms with Crippen molar-refractivity contribution in [3.63, 3.8) is 0 Å². The van der Waals surface area contributed by atoms with Crippen LogP contribution >= 0.6 is 31.9 Å². The molecule has 0 amide bonds. The van der Waals surface area contributed by atoms with Gasteiger partial charge in [-0.2, -0.15) is 4.57 Å². The molecular weight excluding hydrogens is 362 g/mol. The average Bonchev–Trinajstić information content (AvgIpc) is 2.09. The first-order valence-electron chi connectivity index (χ1n) is 3.62. The molecule has 4 heteroatoms. The first-order valence-corrected chi connectivity index (χ1v) is 5.53. The van der Waals surface area contributed by atoms with Crippen LogP contribution in [0, 0.1) is 6.92 Å². The largest absolute Gasteiger partial charge is 1.00 e. The van der Waals surface area contributed by atoms with Crippen molar-refractivity contribution in [3.05, 3.63) is 34.6 Å². The summed E-state index contributed by atoms with van der Waals surface area (Å²) in [6.45, 7) is 2.08. The van der Waals surface area contributed by atoms with Crippen LogP contribution in [0.5, 0.6) is 0 Å². The fraction of sp³-hybridized carbons (Fsp3) is 0.222. The Morgan fingerprint density at radius 1 is 1.46 bits per heavy atom. The van der Waals surface area contributed by atoms with Gasteiger partial charge in [-0.25, -0.2) is 0 Å². The summed E-state index contributed by atoms with van der Waals surface area (Å²) in [6.07, 6.45) is 6.08. The van der Waals surface area contributed by atoms with E-state index in [2.05, 4.69) is 50.9 Å². The third-order valence-electron chi connectivity index (χ3n) is 1.44. The Hall–Kier alpha value is 0.330. The van der Waals surface area contributed by atoms with Crippen molar-refractivity contribution in [2.24, 2.45) is 0 Å². The zero-order valence-electron chi connectivity index (χ0n) is 7.17. The van der Waals surface area contributed by atoms with Crippen LogP contribution in [0.3, 0.4) is 0 Å². The van der Waals surface area contributed by atoms with Crippen LogP contribution in [0.2, 0.25) is 0 Å². The van der Waals surface area contributed by atoms with Crippen molar-refractivity contribution in [1.82, 2.24) is 0 Å². The summed E-state index contributed by atoms with van der Waals surface area (Å²) in [5.41, 5.74) is 1.27. The number of aryl methyl sites for hydroxylation is 1. The number of pyridine rings is 1. The van der Waals surface area contributed by atoms with Crippen molar-refractivity contribution in [2.75, 3.05) is 5.33 Å². The summed E-state index contributed by atoms with van der Waals surface area (Å²) in [4.78, 5) is 0. The van der Waals surface area contributed by atoms with Gasteiger partial charge in [-0.1, -0.05) is 15.9 Å². The second-order valence-corrected chi connectivity index (χ2v) is 4.11. The van der Waals surface area contributed by atoms with E-state index in [-0.39, 0.29) is 17.0 Å². The van der Waals surface area contributed by atoms with Crippen molar-refractivity contribution < 1.29 is 21.5 Å². The fourth-order valence-electron chi connectivity index (χ4n) is 0.795. The quantitative estimate of drug-likeness (QED) is 0.504. The maximum atomic E-state index is 3.43. The van der Waals surface area contributed by atoms with E-state index in [0.717, 1.165) is 9.81 Å². The Labute approximate surface area is 106 Å². The van der Waals surface area contributed by atoms with Gasteiger partial charge in [0.15, 0.2) is 18.6 Å². The van der Waals surface area contributed by atoms with Gasteiger partial charge in [0.05, 0.1) is 4.48 Å². The monoisotopic (exact) mass is 369 g/mol. The normalized spacial score (nSPS) is 10.8. The molecule has 0 aliphatic carbocycles. The summed E-state index contributed by atoms with van der Waals surface area (Å²) in [5, 5.41) is 0.841. The van der Waals surface area contributed by atoms with Crippen molar-refractivity contribution in [2.45, 2.75) is 6.92 Å². The van der Waals surface area contributed by atoms with Crippen LogP contribution in [-0.4, -0.2) is 5.33 Å². The van der Waals surface area contributed by atoms with Gasteiger partial charge in [-0.15, -0.1) is 0 Å². The van der Waals surface area contributed by atoms with Crippen LogP contribution in [0.1, 0.15) is 5.56 Å². The van der Waals surface area contributed by atoms with Crippen LogP contribution in [0.25, 0.3) is 6.20 Å². The summed E-state index contributed by atoms with van der Waals surface area (Å²) < 4.78 is 3.13. The van der Waals surface area contributed by atoms with E-state index in [1.54, 1.807) is 0 Å². The third-order valence-corrected chi connectivity index (χ3v) is 3.28. The van der Waals surface area contributed by atoms with Crippen LogP contribution in [0.4, 0.5) is 0 Å². The van der Waals surface area contributed by atoms with Crippen molar-refractivity contribution >= 4 is 38.1 Å². The molecule has 0 aliphatic rings. The van der Waals surface area contributed by atoms with E-state index in [9.17, 15) is 0 Å². The van der Waals surface area contributed by atoms with Crippen LogP contribution < -0.4 is 21.5 Å². The second-order valence-electron chi connectivity index (χ2n) is 2.53. The lowest BCUT2D eigenvalue weighted by atomic mass is 10.3. The van der Waals surface area contributed by atoms with Gasteiger partial charge in [0.1, 0.15) is 0 Å². The van der Waals surface area contributed by atoms with Crippen LogP contribution in [0.15, 0.2) is 29.0 Å². The SMILES string of the molecule is Cc1cc[n+](C=C(Br)CBr)cc1.[Br-]. The Bertz CT molecular complexity index is 279. The number of hydrogen-bond donors (Lipinski definition) is 0. The molecule has 72 valence electrons. The molecule has 0 saturated heterocycles. The summed E-state index contributed by atoms with van der Waals surface area (Å²) >= 11 is 6.78. The highest BCUT2D eigenvalue weighted by Crippen LogP contribution is 2.06. The van der Waals surface area contributed by atoms with Gasteiger partial charge in [0, 0.05) is 17.5 Å². The Kier molecular flexibility index (Phi) is 6.91. The summed E-state index contributed by atoms with van der Waals surface area (Å²) in [7, 11) is 0. The molecule has 0 radical (unpaired) electrons. The number of halogens is 3. The number of rotatable bonds is 2. The number of hydrogen-bond acceptors (Lipinski definition) is 0. The molecule has 0 fully saturated rings. The molecule has 1 aromatic rings. The predicted molar refractivity (Wildman–Crippen MR) is 58.4 cm³/mol. The zero-order valence-corrected chi connectivity index (χ0v) is 11.9. The lowest BCUT2D eigenvalue weighted by molar-refractivity contribution is -0.568. The van der Waals surface area contributed by atoms with Gasteiger partial charge in [-0.3, -0.25) is 0 Å². The Balaban J connectivity index is 0.00000144. The maximum Gasteiger partial charge on any atom is 0.185 e. The van der Waals surface area contributed by atoms with Crippen LogP contribution in [-0.2, 0) is 0 Å². The molecule has 0 spiro atoms. The fourth-order valence-corrected chi connectivity index (χ4v) is 1.18. The van der Waals surface area contributed by atoms with E-state index >= 15 is 0 Å². The lowest BCUT2D eigenvalue weighted by Crippen LogP contribution is -3.00. The van der Waals surface area contributed by atoms with E-state index in [1.807, 2.05) is 23.2 Å². The topological polar surface area (TPSA) is 3.88 Å². The minimum absolute atomic E-state index is 0. The highest BCUT2D eigenvalue weighted by Gasteiger charge is 1.96. The van der Waals surface area contributed by atoms with Gasteiger partial charge in [0.25, 0.3) is 0 Å². The van der Waals surface area contributed by atoms with Crippen molar-refractivity contribution in [1.29, 1.82) is 0 Å². The maximum absolute atomic E-state index is 3.43. The lowest BCUT2D eigenvalue weighted by Gasteiger charge is -1.90. The van der Waals surface area contributed by atoms with E-state index in [1.165, 1.54) is 5.56 Å². The Morgan fingerprint density at radius 3 is 2.46 bits per heavy atom. The highest BCUT2D eigenvalue weighted by atomic mass is 79.9. The van der Waals surface area contributed by atoms with Crippen molar-refractivity contribution in [3.8, 4) is 0 Å². The molecule has 1 aromatic heterocycles. The molecule has 0 N–H and O–H groups in total. The van der Waals surface area contributed by atoms with Gasteiger partial charge in [-0.05, 0) is 28.4 Å². The van der Waals surface area contributed by atoms with E-state index in [4.69, 9.17) is 0 Å². The molecule has 0 unspecified atom stereocenters. The smallest absolute Gasteiger partial charge is 0.185 e. The zero-order chi connectivity index (χ0) is 8.97. The van der Waals surface area contributed by atoms with Gasteiger partial charge < -0.3 is 17.0 Å². The third kappa shape index (κ3) is 4.93. The van der Waals surface area contributed by atoms with E-state index in [0.29, 0.717) is 0 Å². The molecule has 1 heterocycles. The molecule has 0 aromatic carbocycles. The average molecular weight is 372 g/mol. The van der Waals surface area contributed by atoms with Gasteiger partial charge in [0.2, 0.25) is 0 Å². The van der Waals surface area contributed by atoms with Gasteiger partial charge >= 0.3 is 0 Å². The molecule has 0 aliphatic heterocycles. The van der Waals surface area contributed by atoms with E-state index < -0.39 is 0 Å². The highest BCUT2D eigenvalue weighted by molar-refractivity contribution is 9.13. The molecule has 0 bridgehead atoms. The molecule has 1 rings (SSSR count). The number of alkyl halides is 1. The molecule has 0 atom stereocenters. The summed E-state index contributed by atoms with van der Waals surface area (Å²) in [5.74, 6) is 0. The second kappa shape index (κ2) is 6.74. The number of nitrogens with zero attached hydrogens (tertiary/aromatic N) is 1. The minimum atomic E-state index is 0. The molecular formula is C9H10Br3N. The first kappa shape index (κ1) is 13.3. The molecule has 1 nitrogen and oxygen atoms in total. The Morgan fingerprint density at radius 2 is 2.00 bits per heavy atom. The molecule has 13 heavy (non-hydrogen) atoms. The minimum Gasteiger partial charge on any atom is -1.00 e. The standard InChI is InChI=1S/C9H10Br2N.BrH/c1-8-2-4-12(5-3-8)7-9(11)6-10;/h2-5,7H,6H2,1H3;1H/q+1;/p-1. The predicted octanol–water partition coefficient (Wildman–Crippen LogP) is -0.125. The summed E-state index contributed by atoms with van der Waals surface area (Å²) in [6, 6.07) is 4.15. The first-order chi connectivity index (χ1) is 5.72. The number of allylic oxidation sites excluding steroid dienone is 1.